The topological polar surface area (TPSA) is 0 Å². The molecule has 0 fully saturated rings. The highest BCUT2D eigenvalue weighted by Gasteiger charge is 1.26. The Kier molecular flexibility index (Phi) is 0.922. The van der Waals surface area contributed by atoms with Crippen LogP contribution in [0.1, 0.15) is 1.37 Å². The summed E-state index contributed by atoms with van der Waals surface area (Å²) in [6, 6.07) is 0. The van der Waals surface area contributed by atoms with E-state index >= 15 is 0 Å². The number of terminal acetylenes is 1. The van der Waals surface area contributed by atoms with E-state index in [1.165, 1.54) is 6.08 Å². The molecule has 0 aromatic rings. The number of hydrogen-bond acceptors (Lipinski definition) is 0. The maximum Gasteiger partial charge on any atom is 0.124 e. The standard InChI is InChI=1S/C4H4/c1-3-4-2/h1,4H,2H2/i1T. The van der Waals surface area contributed by atoms with Crippen LogP contribution >= 0.6 is 0 Å². The summed E-state index contributed by atoms with van der Waals surface area (Å²) in [5.74, 6) is 2.29. The van der Waals surface area contributed by atoms with Crippen LogP contribution in [-0.2, 0) is 0 Å². The van der Waals surface area contributed by atoms with E-state index in [-0.39, 0.29) is 0 Å². The van der Waals surface area contributed by atoms with E-state index in [0.29, 0.717) is 0 Å². The lowest BCUT2D eigenvalue weighted by atomic mass is 10.7. The van der Waals surface area contributed by atoms with E-state index in [0.717, 1.165) is 0 Å². The summed E-state index contributed by atoms with van der Waals surface area (Å²) in [4.78, 5) is 0. The SMILES string of the molecule is [3H]C#CC=C. The molecule has 0 unspecified atom stereocenters. The van der Waals surface area contributed by atoms with Crippen LogP contribution in [-0.4, -0.2) is 0 Å². The first-order valence-corrected chi connectivity index (χ1v) is 0.947. The lowest BCUT2D eigenvalue weighted by molar-refractivity contribution is 2.34. The van der Waals surface area contributed by atoms with Crippen LogP contribution in [0.25, 0.3) is 0 Å². The van der Waals surface area contributed by atoms with Crippen molar-refractivity contribution in [1.29, 1.82) is 0 Å². The Labute approximate surface area is 27.5 Å². The second-order valence-electron chi connectivity index (χ2n) is 0.348. The largest absolute Gasteiger partial charge is 0.124 e. The van der Waals surface area contributed by atoms with Gasteiger partial charge in [-0.15, -0.1) is 6.40 Å². The lowest BCUT2D eigenvalue weighted by Gasteiger charge is -1.38. The minimum atomic E-state index is 1.38. The smallest absolute Gasteiger partial charge is 0.115 e. The van der Waals surface area contributed by atoms with Crippen LogP contribution in [0, 0.1) is 12.3 Å². The van der Waals surface area contributed by atoms with Crippen molar-refractivity contribution < 1.29 is 1.37 Å². The fourth-order valence-electron chi connectivity index (χ4n) is 0. The molecule has 0 saturated heterocycles. The summed E-state index contributed by atoms with van der Waals surface area (Å²) < 4.78 is 6.17. The fourth-order valence-corrected chi connectivity index (χ4v) is 0. The van der Waals surface area contributed by atoms with E-state index in [9.17, 15) is 0 Å². The second-order valence-corrected chi connectivity index (χ2v) is 0.348. The molecule has 0 amide bonds. The quantitative estimate of drug-likeness (QED) is 0.359. The molecular weight excluding hydrogens is 48.0 g/mol. The predicted molar refractivity (Wildman–Crippen MR) is 19.0 cm³/mol. The molecule has 0 heterocycles. The Morgan fingerprint density at radius 1 is 2.50 bits per heavy atom. The average molecular weight is 54.1 g/mol. The third kappa shape index (κ3) is 1.30. The average Bonchev–Trinajstić information content (AvgIpc) is 1.41. The van der Waals surface area contributed by atoms with Gasteiger partial charge in [-0.25, -0.2) is 0 Å². The van der Waals surface area contributed by atoms with Gasteiger partial charge in [0.25, 0.3) is 0 Å². The summed E-state index contributed by atoms with van der Waals surface area (Å²) in [6.45, 7) is 3.26. The highest BCUT2D eigenvalue weighted by atomic mass is 13.3. The van der Waals surface area contributed by atoms with Gasteiger partial charge >= 0.3 is 0 Å². The van der Waals surface area contributed by atoms with Crippen LogP contribution in [0.2, 0.25) is 0 Å². The van der Waals surface area contributed by atoms with E-state index in [1.54, 1.807) is 0 Å². The minimum Gasteiger partial charge on any atom is -0.115 e. The van der Waals surface area contributed by atoms with Crippen molar-refractivity contribution in [3.05, 3.63) is 12.7 Å². The molecule has 0 aliphatic rings. The van der Waals surface area contributed by atoms with Crippen molar-refractivity contribution in [3.63, 3.8) is 0 Å². The van der Waals surface area contributed by atoms with E-state index in [2.05, 4.69) is 12.5 Å². The van der Waals surface area contributed by atoms with Crippen LogP contribution in [0.15, 0.2) is 12.7 Å². The highest BCUT2D eigenvalue weighted by Crippen LogP contribution is 1.41. The van der Waals surface area contributed by atoms with Gasteiger partial charge in [-0.2, -0.15) is 0 Å². The van der Waals surface area contributed by atoms with Gasteiger partial charge in [-0.05, 0) is 6.08 Å². The van der Waals surface area contributed by atoms with Crippen LogP contribution in [0.5, 0.6) is 0 Å². The third-order valence-electron chi connectivity index (χ3n) is 0.102. The highest BCUT2D eigenvalue weighted by molar-refractivity contribution is 5.03. The Hall–Kier alpha value is -0.700. The molecular formula is C4H4. The van der Waals surface area contributed by atoms with Crippen molar-refractivity contribution in [3.8, 4) is 12.3 Å². The van der Waals surface area contributed by atoms with Gasteiger partial charge in [0.2, 0.25) is 0 Å². The molecule has 0 atom stereocenters. The van der Waals surface area contributed by atoms with Gasteiger partial charge in [0.1, 0.15) is 1.37 Å². The third-order valence-corrected chi connectivity index (χ3v) is 0.102. The molecule has 0 rings (SSSR count). The first-order chi connectivity index (χ1) is 2.41. The molecule has 0 aliphatic heterocycles. The molecule has 0 saturated carbocycles. The first kappa shape index (κ1) is 1.60. The molecule has 0 radical (unpaired) electrons. The zero-order valence-corrected chi connectivity index (χ0v) is 2.28. The van der Waals surface area contributed by atoms with Crippen molar-refractivity contribution in [1.82, 2.24) is 0 Å². The lowest BCUT2D eigenvalue weighted by Crippen LogP contribution is -1.24. The molecule has 0 spiro atoms. The van der Waals surface area contributed by atoms with Gasteiger partial charge in [-0.1, -0.05) is 12.5 Å². The zero-order chi connectivity index (χ0) is 4.12. The molecule has 0 aromatic carbocycles. The van der Waals surface area contributed by atoms with Crippen molar-refractivity contribution in [2.24, 2.45) is 0 Å². The van der Waals surface area contributed by atoms with E-state index in [1.807, 2.05) is 6.40 Å². The first-order valence-electron chi connectivity index (χ1n) is 1.45. The minimum absolute atomic E-state index is 1.38. The fraction of sp³-hybridized carbons (Fsp3) is 0. The van der Waals surface area contributed by atoms with E-state index < -0.39 is 0 Å². The summed E-state index contributed by atoms with van der Waals surface area (Å²) in [5, 5.41) is 0. The van der Waals surface area contributed by atoms with Gasteiger partial charge in [0, 0.05) is 0 Å². The number of rotatable bonds is 0. The normalized spacial score (nSPS) is 5.50. The summed E-state index contributed by atoms with van der Waals surface area (Å²) in [6.07, 6.45) is 3.28. The Bertz CT molecular complexity index is 73.4. The maximum absolute atomic E-state index is 6.17. The van der Waals surface area contributed by atoms with E-state index in [4.69, 9.17) is 1.37 Å². The van der Waals surface area contributed by atoms with Gasteiger partial charge < -0.3 is 0 Å². The number of allylic oxidation sites excluding steroid dienone is 1. The van der Waals surface area contributed by atoms with Crippen molar-refractivity contribution >= 4 is 0 Å². The van der Waals surface area contributed by atoms with Crippen LogP contribution in [0.4, 0.5) is 0 Å². The summed E-state index contributed by atoms with van der Waals surface area (Å²) in [5.41, 5.74) is 0. The molecule has 20 valence electrons. The maximum atomic E-state index is 6.17. The van der Waals surface area contributed by atoms with Crippen LogP contribution in [0.3, 0.4) is 0 Å². The second kappa shape index (κ2) is 2.30. The Morgan fingerprint density at radius 2 is 3.25 bits per heavy atom. The van der Waals surface area contributed by atoms with Gasteiger partial charge in [-0.3, -0.25) is 0 Å². The molecule has 0 aliphatic carbocycles. The monoisotopic (exact) mass is 54.0 g/mol. The van der Waals surface area contributed by atoms with Gasteiger partial charge in [0.05, 0.1) is 0 Å². The van der Waals surface area contributed by atoms with Crippen molar-refractivity contribution in [2.75, 3.05) is 0 Å². The Morgan fingerprint density at radius 3 is 3.25 bits per heavy atom. The molecule has 0 nitrogen and oxygen atoms in total. The predicted octanol–water partition coefficient (Wildman–Crippen LogP) is 0.806. The number of hydrogen-bond donors (Lipinski definition) is 0. The van der Waals surface area contributed by atoms with Crippen LogP contribution < -0.4 is 0 Å². The molecule has 0 heteroatoms. The zero-order valence-electron chi connectivity index (χ0n) is 3.28. The summed E-state index contributed by atoms with van der Waals surface area (Å²) >= 11 is 0. The van der Waals surface area contributed by atoms with Gasteiger partial charge in [0.15, 0.2) is 0 Å². The molecule has 0 N–H and O–H groups in total. The summed E-state index contributed by atoms with van der Waals surface area (Å²) in [7, 11) is 0. The molecule has 4 heavy (non-hydrogen) atoms. The molecule has 0 aromatic heterocycles. The van der Waals surface area contributed by atoms with Crippen molar-refractivity contribution in [2.45, 2.75) is 0 Å². The Balaban J connectivity index is 3.16. The molecule has 0 bridgehead atoms.